The Balaban J connectivity index is 1.92. The van der Waals surface area contributed by atoms with Gasteiger partial charge in [-0.2, -0.15) is 5.10 Å². The van der Waals surface area contributed by atoms with E-state index >= 15 is 0 Å². The zero-order valence-corrected chi connectivity index (χ0v) is 15.3. The van der Waals surface area contributed by atoms with E-state index in [-0.39, 0.29) is 11.4 Å². The molecular formula is C17H12N4O4S2. The van der Waals surface area contributed by atoms with Crippen molar-refractivity contribution in [2.45, 2.75) is 0 Å². The number of nitrogens with one attached hydrogen (secondary N) is 1. The molecule has 0 atom stereocenters. The molecule has 27 heavy (non-hydrogen) atoms. The Morgan fingerprint density at radius 1 is 1.04 bits per heavy atom. The second-order valence-corrected chi connectivity index (χ2v) is 7.08. The number of thiophene rings is 2. The minimum Gasteiger partial charge on any atom is -0.271 e. The summed E-state index contributed by atoms with van der Waals surface area (Å²) in [6, 6.07) is 11.0. The highest BCUT2D eigenvalue weighted by Crippen LogP contribution is 2.29. The van der Waals surface area contributed by atoms with Crippen molar-refractivity contribution >= 4 is 51.5 Å². The highest BCUT2D eigenvalue weighted by molar-refractivity contribution is 7.12. The average molecular weight is 400 g/mol. The third kappa shape index (κ3) is 4.63. The van der Waals surface area contributed by atoms with Gasteiger partial charge < -0.3 is 0 Å². The first-order chi connectivity index (χ1) is 13.0. The highest BCUT2D eigenvalue weighted by atomic mass is 32.1. The van der Waals surface area contributed by atoms with Gasteiger partial charge in [0.1, 0.15) is 11.4 Å². The van der Waals surface area contributed by atoms with E-state index in [2.05, 4.69) is 10.5 Å². The summed E-state index contributed by atoms with van der Waals surface area (Å²) in [5.74, 6) is 0. The van der Waals surface area contributed by atoms with Crippen molar-refractivity contribution in [2.24, 2.45) is 5.10 Å². The Bertz CT molecular complexity index is 1010. The number of hydrogen-bond acceptors (Lipinski definition) is 8. The normalized spacial score (nSPS) is 11.6. The van der Waals surface area contributed by atoms with Crippen LogP contribution in [0.15, 0.2) is 64.4 Å². The molecule has 0 aliphatic rings. The van der Waals surface area contributed by atoms with E-state index in [0.717, 1.165) is 15.8 Å². The third-order valence-electron chi connectivity index (χ3n) is 3.41. The van der Waals surface area contributed by atoms with E-state index in [1.54, 1.807) is 11.3 Å². The number of allylic oxidation sites excluding steroid dienone is 1. The van der Waals surface area contributed by atoms with Crippen molar-refractivity contribution in [1.29, 1.82) is 0 Å². The van der Waals surface area contributed by atoms with E-state index in [9.17, 15) is 20.2 Å². The van der Waals surface area contributed by atoms with Crippen LogP contribution in [-0.2, 0) is 0 Å². The predicted octanol–water partition coefficient (Wildman–Crippen LogP) is 5.16. The van der Waals surface area contributed by atoms with E-state index in [1.807, 2.05) is 47.2 Å². The molecule has 0 aliphatic heterocycles. The van der Waals surface area contributed by atoms with Gasteiger partial charge in [-0.3, -0.25) is 25.7 Å². The molecule has 0 aliphatic carbocycles. The summed E-state index contributed by atoms with van der Waals surface area (Å²) in [6.45, 7) is 0. The van der Waals surface area contributed by atoms with Crippen LogP contribution in [0.25, 0.3) is 6.08 Å². The van der Waals surface area contributed by atoms with Gasteiger partial charge in [0.15, 0.2) is 0 Å². The fraction of sp³-hybridized carbons (Fsp3) is 0. The summed E-state index contributed by atoms with van der Waals surface area (Å²) in [4.78, 5) is 22.6. The van der Waals surface area contributed by atoms with Gasteiger partial charge in [0.25, 0.3) is 5.69 Å². The first kappa shape index (κ1) is 18.4. The summed E-state index contributed by atoms with van der Waals surface area (Å²) in [7, 11) is 0. The lowest BCUT2D eigenvalue weighted by Gasteiger charge is -2.04. The maximum absolute atomic E-state index is 11.2. The number of non-ortho nitro benzene ring substituents is 1. The molecule has 0 fully saturated rings. The molecule has 3 rings (SSSR count). The van der Waals surface area contributed by atoms with Crippen molar-refractivity contribution in [3.8, 4) is 0 Å². The fourth-order valence-corrected chi connectivity index (χ4v) is 3.46. The highest BCUT2D eigenvalue weighted by Gasteiger charge is 2.19. The van der Waals surface area contributed by atoms with Gasteiger partial charge in [-0.1, -0.05) is 12.1 Å². The van der Waals surface area contributed by atoms with Crippen LogP contribution in [0.4, 0.5) is 17.1 Å². The quantitative estimate of drug-likeness (QED) is 0.335. The van der Waals surface area contributed by atoms with E-state index in [0.29, 0.717) is 5.71 Å². The predicted molar refractivity (Wildman–Crippen MR) is 108 cm³/mol. The molecule has 0 saturated carbocycles. The van der Waals surface area contributed by atoms with Crippen LogP contribution in [0.1, 0.15) is 9.75 Å². The smallest absolute Gasteiger partial charge is 0.271 e. The zero-order valence-electron chi connectivity index (χ0n) is 13.6. The minimum absolute atomic E-state index is 0.0733. The lowest BCUT2D eigenvalue weighted by Crippen LogP contribution is -2.02. The van der Waals surface area contributed by atoms with Crippen LogP contribution < -0.4 is 5.43 Å². The molecule has 136 valence electrons. The maximum atomic E-state index is 11.2. The second-order valence-electron chi connectivity index (χ2n) is 5.15. The SMILES string of the molecule is O=[N+]([O-])c1ccc(N/N=C(/C=C/c2cccs2)c2cccs2)c([N+](=O)[O-])c1. The summed E-state index contributed by atoms with van der Waals surface area (Å²) in [5, 5.41) is 30.2. The van der Waals surface area contributed by atoms with Crippen LogP contribution in [-0.4, -0.2) is 15.6 Å². The molecule has 2 heterocycles. The van der Waals surface area contributed by atoms with E-state index in [4.69, 9.17) is 0 Å². The largest absolute Gasteiger partial charge is 0.301 e. The van der Waals surface area contributed by atoms with Crippen molar-refractivity contribution < 1.29 is 9.85 Å². The zero-order chi connectivity index (χ0) is 19.2. The molecule has 0 bridgehead atoms. The lowest BCUT2D eigenvalue weighted by molar-refractivity contribution is -0.393. The van der Waals surface area contributed by atoms with Crippen LogP contribution in [0.5, 0.6) is 0 Å². The first-order valence-electron chi connectivity index (χ1n) is 7.56. The topological polar surface area (TPSA) is 111 Å². The number of nitro benzene ring substituents is 2. The van der Waals surface area contributed by atoms with Gasteiger partial charge in [0, 0.05) is 10.9 Å². The Morgan fingerprint density at radius 2 is 1.81 bits per heavy atom. The second kappa shape index (κ2) is 8.34. The standard InChI is InChI=1S/C17H12N4O4S2/c22-20(23)12-5-7-14(16(11-12)21(24)25)18-19-15(17-4-2-10-27-17)8-6-13-3-1-9-26-13/h1-11,18H/b8-6+,19-15-. The summed E-state index contributed by atoms with van der Waals surface area (Å²) < 4.78 is 0. The Labute approximate surface area is 161 Å². The van der Waals surface area contributed by atoms with Crippen LogP contribution in [0.3, 0.4) is 0 Å². The monoisotopic (exact) mass is 400 g/mol. The summed E-state index contributed by atoms with van der Waals surface area (Å²) in [6.07, 6.45) is 3.71. The van der Waals surface area contributed by atoms with Crippen LogP contribution >= 0.6 is 22.7 Å². The van der Waals surface area contributed by atoms with E-state index in [1.165, 1.54) is 23.5 Å². The van der Waals surface area contributed by atoms with Gasteiger partial charge in [0.2, 0.25) is 0 Å². The molecule has 1 aromatic carbocycles. The summed E-state index contributed by atoms with van der Waals surface area (Å²) in [5.41, 5.74) is 2.55. The van der Waals surface area contributed by atoms with Gasteiger partial charge in [-0.15, -0.1) is 22.7 Å². The van der Waals surface area contributed by atoms with E-state index < -0.39 is 15.5 Å². The molecule has 3 aromatic rings. The van der Waals surface area contributed by atoms with Crippen molar-refractivity contribution in [3.63, 3.8) is 0 Å². The minimum atomic E-state index is -0.683. The molecule has 0 spiro atoms. The molecule has 2 aromatic heterocycles. The summed E-state index contributed by atoms with van der Waals surface area (Å²) >= 11 is 3.05. The number of nitro groups is 2. The number of benzene rings is 1. The Kier molecular flexibility index (Phi) is 5.69. The molecular weight excluding hydrogens is 388 g/mol. The molecule has 8 nitrogen and oxygen atoms in total. The first-order valence-corrected chi connectivity index (χ1v) is 9.32. The molecule has 0 amide bonds. The van der Waals surface area contributed by atoms with Crippen LogP contribution in [0.2, 0.25) is 0 Å². The van der Waals surface area contributed by atoms with Crippen molar-refractivity contribution in [2.75, 3.05) is 5.43 Å². The van der Waals surface area contributed by atoms with Crippen molar-refractivity contribution in [1.82, 2.24) is 0 Å². The molecule has 0 saturated heterocycles. The maximum Gasteiger partial charge on any atom is 0.301 e. The molecule has 0 radical (unpaired) electrons. The lowest BCUT2D eigenvalue weighted by atomic mass is 10.2. The Hall–Kier alpha value is -3.37. The third-order valence-corrected chi connectivity index (χ3v) is 5.14. The number of hydrogen-bond donors (Lipinski definition) is 1. The van der Waals surface area contributed by atoms with Crippen molar-refractivity contribution in [3.05, 3.63) is 89.3 Å². The number of anilines is 1. The Morgan fingerprint density at radius 3 is 2.44 bits per heavy atom. The van der Waals surface area contributed by atoms with Crippen LogP contribution in [0, 0.1) is 20.2 Å². The van der Waals surface area contributed by atoms with Gasteiger partial charge in [-0.05, 0) is 41.1 Å². The molecule has 0 unspecified atom stereocenters. The number of rotatable bonds is 7. The molecule has 10 heteroatoms. The number of nitrogens with zero attached hydrogens (tertiary/aromatic N) is 3. The van der Waals surface area contributed by atoms with Gasteiger partial charge >= 0.3 is 5.69 Å². The number of hydrazone groups is 1. The van der Waals surface area contributed by atoms with Gasteiger partial charge in [-0.25, -0.2) is 0 Å². The van der Waals surface area contributed by atoms with Gasteiger partial charge in [0.05, 0.1) is 20.8 Å². The fourth-order valence-electron chi connectivity index (χ4n) is 2.15. The molecule has 1 N–H and O–H groups in total. The average Bonchev–Trinajstić information content (AvgIpc) is 3.35.